The molecule has 88 valence electrons. The molecule has 17 heavy (non-hydrogen) atoms. The lowest BCUT2D eigenvalue weighted by Gasteiger charge is -2.06. The maximum Gasteiger partial charge on any atom is 0.254 e. The van der Waals surface area contributed by atoms with Gasteiger partial charge in [-0.3, -0.25) is 14.5 Å². The van der Waals surface area contributed by atoms with E-state index in [9.17, 15) is 4.79 Å². The Labute approximate surface area is 103 Å². The van der Waals surface area contributed by atoms with Gasteiger partial charge in [-0.25, -0.2) is 0 Å². The van der Waals surface area contributed by atoms with Crippen molar-refractivity contribution in [2.24, 2.45) is 7.05 Å². The van der Waals surface area contributed by atoms with Crippen molar-refractivity contribution in [1.82, 2.24) is 20.1 Å². The molecule has 1 amide bonds. The predicted molar refractivity (Wildman–Crippen MR) is 63.6 cm³/mol. The SMILES string of the molecule is Cn1nccc1CNC(=O)c1cnccc1Cl. The number of carbonyl (C=O) groups is 1. The van der Waals surface area contributed by atoms with E-state index in [1.807, 2.05) is 13.1 Å². The highest BCUT2D eigenvalue weighted by Crippen LogP contribution is 2.13. The summed E-state index contributed by atoms with van der Waals surface area (Å²) in [6.45, 7) is 0.403. The van der Waals surface area contributed by atoms with Crippen LogP contribution < -0.4 is 5.32 Å². The number of nitrogens with one attached hydrogen (secondary N) is 1. The fourth-order valence-electron chi connectivity index (χ4n) is 1.39. The van der Waals surface area contributed by atoms with Crippen molar-refractivity contribution >= 4 is 17.5 Å². The van der Waals surface area contributed by atoms with Crippen LogP contribution in [0, 0.1) is 0 Å². The molecule has 0 unspecified atom stereocenters. The monoisotopic (exact) mass is 250 g/mol. The van der Waals surface area contributed by atoms with Crippen LogP contribution in [0.1, 0.15) is 16.1 Å². The van der Waals surface area contributed by atoms with Crippen LogP contribution in [0.25, 0.3) is 0 Å². The molecule has 0 aromatic carbocycles. The van der Waals surface area contributed by atoms with Crippen LogP contribution in [0.5, 0.6) is 0 Å². The minimum Gasteiger partial charge on any atom is -0.346 e. The van der Waals surface area contributed by atoms with Crippen molar-refractivity contribution in [2.45, 2.75) is 6.54 Å². The zero-order valence-electron chi connectivity index (χ0n) is 9.22. The molecule has 2 heterocycles. The highest BCUT2D eigenvalue weighted by Gasteiger charge is 2.10. The average molecular weight is 251 g/mol. The fraction of sp³-hybridized carbons (Fsp3) is 0.182. The number of carbonyl (C=O) groups excluding carboxylic acids is 1. The molecular formula is C11H11ClN4O. The Kier molecular flexibility index (Phi) is 3.39. The normalized spacial score (nSPS) is 10.2. The molecule has 0 aliphatic rings. The second-order valence-electron chi connectivity index (χ2n) is 3.48. The number of aryl methyl sites for hydroxylation is 1. The molecule has 0 atom stereocenters. The molecule has 0 bridgehead atoms. The van der Waals surface area contributed by atoms with E-state index >= 15 is 0 Å². The smallest absolute Gasteiger partial charge is 0.254 e. The molecule has 2 rings (SSSR count). The van der Waals surface area contributed by atoms with Crippen LogP contribution in [0.15, 0.2) is 30.7 Å². The molecule has 2 aromatic rings. The Morgan fingerprint density at radius 1 is 1.47 bits per heavy atom. The minimum atomic E-state index is -0.246. The van der Waals surface area contributed by atoms with Crippen molar-refractivity contribution in [1.29, 1.82) is 0 Å². The van der Waals surface area contributed by atoms with Crippen LogP contribution in [0.4, 0.5) is 0 Å². The lowest BCUT2D eigenvalue weighted by molar-refractivity contribution is 0.0950. The Hall–Kier alpha value is -1.88. The summed E-state index contributed by atoms with van der Waals surface area (Å²) < 4.78 is 1.70. The van der Waals surface area contributed by atoms with Gasteiger partial charge in [0, 0.05) is 25.6 Å². The zero-order chi connectivity index (χ0) is 12.3. The quantitative estimate of drug-likeness (QED) is 0.896. The van der Waals surface area contributed by atoms with Crippen molar-refractivity contribution < 1.29 is 4.79 Å². The molecular weight excluding hydrogens is 240 g/mol. The molecule has 0 aliphatic carbocycles. The second kappa shape index (κ2) is 4.97. The van der Waals surface area contributed by atoms with Gasteiger partial charge in [0.05, 0.1) is 22.8 Å². The molecule has 6 heteroatoms. The van der Waals surface area contributed by atoms with E-state index in [-0.39, 0.29) is 5.91 Å². The van der Waals surface area contributed by atoms with Gasteiger partial charge in [-0.2, -0.15) is 5.10 Å². The first kappa shape index (κ1) is 11.6. The lowest BCUT2D eigenvalue weighted by atomic mass is 10.2. The summed E-state index contributed by atoms with van der Waals surface area (Å²) in [6.07, 6.45) is 4.67. The number of nitrogens with zero attached hydrogens (tertiary/aromatic N) is 3. The number of aromatic nitrogens is 3. The third-order valence-corrected chi connectivity index (χ3v) is 2.69. The first-order chi connectivity index (χ1) is 8.18. The summed E-state index contributed by atoms with van der Waals surface area (Å²) in [6, 6.07) is 3.42. The van der Waals surface area contributed by atoms with Crippen LogP contribution >= 0.6 is 11.6 Å². The largest absolute Gasteiger partial charge is 0.346 e. The fourth-order valence-corrected chi connectivity index (χ4v) is 1.58. The first-order valence-electron chi connectivity index (χ1n) is 5.03. The van der Waals surface area contributed by atoms with Crippen molar-refractivity contribution in [3.8, 4) is 0 Å². The maximum atomic E-state index is 11.8. The van der Waals surface area contributed by atoms with Crippen molar-refractivity contribution in [2.75, 3.05) is 0 Å². The highest BCUT2D eigenvalue weighted by molar-refractivity contribution is 6.33. The maximum absolute atomic E-state index is 11.8. The third kappa shape index (κ3) is 2.62. The summed E-state index contributed by atoms with van der Waals surface area (Å²) in [5.74, 6) is -0.246. The molecule has 0 saturated heterocycles. The van der Waals surface area contributed by atoms with Gasteiger partial charge in [0.25, 0.3) is 5.91 Å². The Bertz CT molecular complexity index is 538. The second-order valence-corrected chi connectivity index (χ2v) is 3.89. The topological polar surface area (TPSA) is 59.8 Å². The van der Waals surface area contributed by atoms with Gasteiger partial charge in [-0.1, -0.05) is 11.6 Å². The van der Waals surface area contributed by atoms with Crippen molar-refractivity contribution in [3.63, 3.8) is 0 Å². The number of pyridine rings is 1. The van der Waals surface area contributed by atoms with Gasteiger partial charge in [-0.05, 0) is 12.1 Å². The molecule has 5 nitrogen and oxygen atoms in total. The first-order valence-corrected chi connectivity index (χ1v) is 5.41. The van der Waals surface area contributed by atoms with E-state index in [0.717, 1.165) is 5.69 Å². The number of amides is 1. The third-order valence-electron chi connectivity index (χ3n) is 2.37. The minimum absolute atomic E-state index is 0.246. The van der Waals surface area contributed by atoms with Crippen molar-refractivity contribution in [3.05, 3.63) is 47.0 Å². The molecule has 0 radical (unpaired) electrons. The van der Waals surface area contributed by atoms with Crippen LogP contribution in [-0.2, 0) is 13.6 Å². The van der Waals surface area contributed by atoms with E-state index in [0.29, 0.717) is 17.1 Å². The number of hydrogen-bond donors (Lipinski definition) is 1. The van der Waals surface area contributed by atoms with Gasteiger partial charge in [0.1, 0.15) is 0 Å². The summed E-state index contributed by atoms with van der Waals surface area (Å²) in [5.41, 5.74) is 1.29. The lowest BCUT2D eigenvalue weighted by Crippen LogP contribution is -2.24. The predicted octanol–water partition coefficient (Wildman–Crippen LogP) is 1.40. The zero-order valence-corrected chi connectivity index (χ0v) is 9.98. The van der Waals surface area contributed by atoms with Gasteiger partial charge in [0.2, 0.25) is 0 Å². The van der Waals surface area contributed by atoms with Gasteiger partial charge in [-0.15, -0.1) is 0 Å². The molecule has 0 aliphatic heterocycles. The Balaban J connectivity index is 2.04. The van der Waals surface area contributed by atoms with E-state index in [1.54, 1.807) is 23.1 Å². The summed E-state index contributed by atoms with van der Waals surface area (Å²) in [5, 5.41) is 7.16. The molecule has 0 spiro atoms. The van der Waals surface area contributed by atoms with E-state index in [2.05, 4.69) is 15.4 Å². The summed E-state index contributed by atoms with van der Waals surface area (Å²) in [7, 11) is 1.82. The standard InChI is InChI=1S/C11H11ClN4O/c1-16-8(2-5-15-16)6-14-11(17)9-7-13-4-3-10(9)12/h2-5,7H,6H2,1H3,(H,14,17). The molecule has 2 aromatic heterocycles. The molecule has 0 saturated carbocycles. The Morgan fingerprint density at radius 3 is 2.94 bits per heavy atom. The number of rotatable bonds is 3. The number of hydrogen-bond acceptors (Lipinski definition) is 3. The van der Waals surface area contributed by atoms with Crippen LogP contribution in [0.2, 0.25) is 5.02 Å². The molecule has 0 fully saturated rings. The molecule has 1 N–H and O–H groups in total. The average Bonchev–Trinajstić information content (AvgIpc) is 2.72. The summed E-state index contributed by atoms with van der Waals surface area (Å²) in [4.78, 5) is 15.7. The van der Waals surface area contributed by atoms with E-state index < -0.39 is 0 Å². The van der Waals surface area contributed by atoms with Gasteiger partial charge < -0.3 is 5.32 Å². The van der Waals surface area contributed by atoms with Gasteiger partial charge in [0.15, 0.2) is 0 Å². The number of halogens is 1. The van der Waals surface area contributed by atoms with Crippen LogP contribution in [0.3, 0.4) is 0 Å². The Morgan fingerprint density at radius 2 is 2.29 bits per heavy atom. The highest BCUT2D eigenvalue weighted by atomic mass is 35.5. The van der Waals surface area contributed by atoms with Gasteiger partial charge >= 0.3 is 0 Å². The van der Waals surface area contributed by atoms with Crippen LogP contribution in [-0.4, -0.2) is 20.7 Å². The van der Waals surface area contributed by atoms with E-state index in [1.165, 1.54) is 6.20 Å². The summed E-state index contributed by atoms with van der Waals surface area (Å²) >= 11 is 5.89. The van der Waals surface area contributed by atoms with E-state index in [4.69, 9.17) is 11.6 Å².